The van der Waals surface area contributed by atoms with Gasteiger partial charge in [-0.25, -0.2) is 4.39 Å². The van der Waals surface area contributed by atoms with Crippen molar-refractivity contribution in [1.29, 1.82) is 0 Å². The molecule has 35 heavy (non-hydrogen) atoms. The van der Waals surface area contributed by atoms with Gasteiger partial charge in [0.1, 0.15) is 5.82 Å². The average Bonchev–Trinajstić information content (AvgIpc) is 3.30. The summed E-state index contributed by atoms with van der Waals surface area (Å²) >= 11 is 0. The third-order valence-corrected chi connectivity index (χ3v) is 6.56. The van der Waals surface area contributed by atoms with Crippen molar-refractivity contribution in [3.8, 4) is 11.5 Å². The van der Waals surface area contributed by atoms with E-state index in [2.05, 4.69) is 16.2 Å². The molecule has 1 aromatic heterocycles. The summed E-state index contributed by atoms with van der Waals surface area (Å²) in [4.78, 5) is 6.57. The Morgan fingerprint density at radius 1 is 1.03 bits per heavy atom. The van der Waals surface area contributed by atoms with Crippen LogP contribution in [-0.2, 0) is 13.0 Å². The van der Waals surface area contributed by atoms with Crippen molar-refractivity contribution >= 4 is 6.08 Å². The van der Waals surface area contributed by atoms with Crippen molar-refractivity contribution in [2.45, 2.75) is 44.6 Å². The van der Waals surface area contributed by atoms with Crippen LogP contribution >= 0.6 is 0 Å². The molecule has 1 heterocycles. The van der Waals surface area contributed by atoms with Crippen LogP contribution in [0.4, 0.5) is 4.39 Å². The summed E-state index contributed by atoms with van der Waals surface area (Å²) in [7, 11) is 7.21. The standard InChI is InChI=1S/C28H34FN3O3/c1-32(2)18-20-9-12-23(24(29)15-20)22-8-6-5-7-21(22)11-14-28-30-27(31-35-28)17-19-10-13-25(33-3)26(16-19)34-4/h9-16,21-22H,5-8,17-18H2,1-4H3. The quantitative estimate of drug-likeness (QED) is 0.383. The second-order valence-corrected chi connectivity index (χ2v) is 9.42. The zero-order valence-corrected chi connectivity index (χ0v) is 21.0. The van der Waals surface area contributed by atoms with E-state index in [1.165, 1.54) is 0 Å². The van der Waals surface area contributed by atoms with Gasteiger partial charge >= 0.3 is 0 Å². The SMILES string of the molecule is COc1ccc(Cc2noc(C=CC3CCCCC3c3ccc(CN(C)C)cc3F)n2)cc1OC. The molecule has 1 saturated carbocycles. The molecule has 7 heteroatoms. The van der Waals surface area contributed by atoms with Crippen LogP contribution in [0.3, 0.4) is 0 Å². The third kappa shape index (κ3) is 6.28. The minimum atomic E-state index is -0.107. The maximum absolute atomic E-state index is 15.0. The van der Waals surface area contributed by atoms with E-state index in [4.69, 9.17) is 14.0 Å². The molecule has 6 nitrogen and oxygen atoms in total. The fourth-order valence-corrected chi connectivity index (χ4v) is 4.90. The molecule has 0 saturated heterocycles. The van der Waals surface area contributed by atoms with E-state index in [-0.39, 0.29) is 17.7 Å². The lowest BCUT2D eigenvalue weighted by molar-refractivity contribution is 0.352. The number of hydrogen-bond donors (Lipinski definition) is 0. The molecule has 0 spiro atoms. The number of benzene rings is 2. The van der Waals surface area contributed by atoms with E-state index in [0.29, 0.717) is 29.6 Å². The highest BCUT2D eigenvalue weighted by molar-refractivity contribution is 5.44. The normalized spacial score (nSPS) is 18.3. The second-order valence-electron chi connectivity index (χ2n) is 9.42. The first-order valence-electron chi connectivity index (χ1n) is 12.1. The highest BCUT2D eigenvalue weighted by Gasteiger charge is 2.27. The summed E-state index contributed by atoms with van der Waals surface area (Å²) in [5.74, 6) is 2.69. The van der Waals surface area contributed by atoms with Crippen LogP contribution in [0.15, 0.2) is 47.0 Å². The minimum Gasteiger partial charge on any atom is -0.493 e. The van der Waals surface area contributed by atoms with Gasteiger partial charge in [-0.2, -0.15) is 4.98 Å². The minimum absolute atomic E-state index is 0.107. The number of allylic oxidation sites excluding steroid dienone is 1. The lowest BCUT2D eigenvalue weighted by atomic mass is 9.75. The first kappa shape index (κ1) is 24.9. The first-order valence-corrected chi connectivity index (χ1v) is 12.1. The van der Waals surface area contributed by atoms with E-state index >= 15 is 4.39 Å². The summed E-state index contributed by atoms with van der Waals surface area (Å²) in [5, 5.41) is 4.12. The maximum Gasteiger partial charge on any atom is 0.250 e. The van der Waals surface area contributed by atoms with Gasteiger partial charge in [-0.1, -0.05) is 42.3 Å². The van der Waals surface area contributed by atoms with Crippen LogP contribution in [0.1, 0.15) is 60.0 Å². The van der Waals surface area contributed by atoms with Gasteiger partial charge in [0.2, 0.25) is 5.89 Å². The van der Waals surface area contributed by atoms with Crippen LogP contribution in [0, 0.1) is 11.7 Å². The molecule has 1 aliphatic carbocycles. The molecule has 1 fully saturated rings. The fourth-order valence-electron chi connectivity index (χ4n) is 4.90. The lowest BCUT2D eigenvalue weighted by Gasteiger charge is -2.30. The Morgan fingerprint density at radius 3 is 2.54 bits per heavy atom. The molecule has 186 valence electrons. The molecule has 0 aliphatic heterocycles. The van der Waals surface area contributed by atoms with Gasteiger partial charge in [0.15, 0.2) is 17.3 Å². The Balaban J connectivity index is 1.45. The van der Waals surface area contributed by atoms with Gasteiger partial charge in [0.05, 0.1) is 14.2 Å². The smallest absolute Gasteiger partial charge is 0.250 e. The molecule has 0 bridgehead atoms. The molecule has 0 radical (unpaired) electrons. The Bertz CT molecular complexity index is 1160. The summed E-state index contributed by atoms with van der Waals surface area (Å²) < 4.78 is 31.2. The average molecular weight is 480 g/mol. The predicted molar refractivity (Wildman–Crippen MR) is 134 cm³/mol. The molecule has 2 aromatic carbocycles. The second kappa shape index (κ2) is 11.5. The summed E-state index contributed by atoms with van der Waals surface area (Å²) in [6.45, 7) is 0.730. The van der Waals surface area contributed by atoms with Crippen molar-refractivity contribution in [2.24, 2.45) is 5.92 Å². The highest BCUT2D eigenvalue weighted by atomic mass is 19.1. The number of halogens is 1. The Hall–Kier alpha value is -3.19. The molecule has 0 N–H and O–H groups in total. The van der Waals surface area contributed by atoms with Gasteiger partial charge in [-0.3, -0.25) is 0 Å². The zero-order chi connectivity index (χ0) is 24.8. The number of nitrogens with zero attached hydrogens (tertiary/aromatic N) is 3. The van der Waals surface area contributed by atoms with Gasteiger partial charge in [-0.05, 0) is 79.7 Å². The molecule has 2 unspecified atom stereocenters. The summed E-state index contributed by atoms with van der Waals surface area (Å²) in [6, 6.07) is 11.4. The molecule has 2 atom stereocenters. The van der Waals surface area contributed by atoms with Crippen molar-refractivity contribution in [1.82, 2.24) is 15.0 Å². The monoisotopic (exact) mass is 479 g/mol. The Morgan fingerprint density at radius 2 is 1.80 bits per heavy atom. The molecule has 0 amide bonds. The van der Waals surface area contributed by atoms with Gasteiger partial charge in [0, 0.05) is 13.0 Å². The van der Waals surface area contributed by atoms with Crippen LogP contribution in [0.25, 0.3) is 6.08 Å². The van der Waals surface area contributed by atoms with E-state index in [1.807, 2.05) is 55.4 Å². The van der Waals surface area contributed by atoms with E-state index < -0.39 is 0 Å². The lowest BCUT2D eigenvalue weighted by Crippen LogP contribution is -2.18. The number of methoxy groups -OCH3 is 2. The van der Waals surface area contributed by atoms with Crippen LogP contribution in [-0.4, -0.2) is 43.4 Å². The molecule has 4 rings (SSSR count). The van der Waals surface area contributed by atoms with E-state index in [9.17, 15) is 0 Å². The van der Waals surface area contributed by atoms with Crippen LogP contribution < -0.4 is 9.47 Å². The topological polar surface area (TPSA) is 60.6 Å². The van der Waals surface area contributed by atoms with Crippen LogP contribution in [0.5, 0.6) is 11.5 Å². The van der Waals surface area contributed by atoms with Gasteiger partial charge < -0.3 is 18.9 Å². The van der Waals surface area contributed by atoms with Crippen molar-refractivity contribution in [2.75, 3.05) is 28.3 Å². The van der Waals surface area contributed by atoms with Crippen molar-refractivity contribution in [3.63, 3.8) is 0 Å². The van der Waals surface area contributed by atoms with Crippen molar-refractivity contribution < 1.29 is 18.4 Å². The predicted octanol–water partition coefficient (Wildman–Crippen LogP) is 5.87. The van der Waals surface area contributed by atoms with Crippen molar-refractivity contribution in [3.05, 3.63) is 76.7 Å². The molecular weight excluding hydrogens is 445 g/mol. The molecule has 1 aliphatic rings. The summed E-state index contributed by atoms with van der Waals surface area (Å²) in [5.41, 5.74) is 2.80. The number of aromatic nitrogens is 2. The fraction of sp³-hybridized carbons (Fsp3) is 0.429. The number of hydrogen-bond acceptors (Lipinski definition) is 6. The molecular formula is C28H34FN3O3. The van der Waals surface area contributed by atoms with Crippen LogP contribution in [0.2, 0.25) is 0 Å². The highest BCUT2D eigenvalue weighted by Crippen LogP contribution is 2.40. The zero-order valence-electron chi connectivity index (χ0n) is 21.0. The van der Waals surface area contributed by atoms with E-state index in [0.717, 1.165) is 48.9 Å². The largest absolute Gasteiger partial charge is 0.493 e. The summed E-state index contributed by atoms with van der Waals surface area (Å²) in [6.07, 6.45) is 8.77. The van der Waals surface area contributed by atoms with E-state index in [1.54, 1.807) is 20.3 Å². The number of ether oxygens (including phenoxy) is 2. The first-order chi connectivity index (χ1) is 17.0. The Kier molecular flexibility index (Phi) is 8.18. The molecule has 3 aromatic rings. The maximum atomic E-state index is 15.0. The number of rotatable bonds is 9. The van der Waals surface area contributed by atoms with Gasteiger partial charge in [0.25, 0.3) is 0 Å². The third-order valence-electron chi connectivity index (χ3n) is 6.56. The Labute approximate surface area is 206 Å². The van der Waals surface area contributed by atoms with Gasteiger partial charge in [-0.15, -0.1) is 0 Å².